The molecule has 4 nitrogen and oxygen atoms in total. The smallest absolute Gasteiger partial charge is 0.308 e. The minimum absolute atomic E-state index is 0.296. The molecule has 1 aromatic heterocycles. The van der Waals surface area contributed by atoms with Crippen molar-refractivity contribution in [1.82, 2.24) is 4.98 Å². The number of anilines is 1. The maximum atomic E-state index is 11.5. The van der Waals surface area contributed by atoms with Crippen LogP contribution in [-0.4, -0.2) is 29.1 Å². The molecule has 1 aromatic carbocycles. The lowest BCUT2D eigenvalue weighted by atomic mass is 9.89. The third-order valence-corrected chi connectivity index (χ3v) is 4.67. The van der Waals surface area contributed by atoms with Crippen molar-refractivity contribution < 1.29 is 9.90 Å². The fourth-order valence-electron chi connectivity index (χ4n) is 3.53. The summed E-state index contributed by atoms with van der Waals surface area (Å²) in [5.74, 6) is -0.610. The molecule has 22 heavy (non-hydrogen) atoms. The molecule has 1 fully saturated rings. The van der Waals surface area contributed by atoms with E-state index in [2.05, 4.69) is 29.8 Å². The molecule has 0 amide bonds. The quantitative estimate of drug-likeness (QED) is 0.923. The van der Waals surface area contributed by atoms with E-state index in [1.54, 1.807) is 0 Å². The van der Waals surface area contributed by atoms with Crippen LogP contribution in [0.2, 0.25) is 0 Å². The topological polar surface area (TPSA) is 53.4 Å². The highest BCUT2D eigenvalue weighted by atomic mass is 16.4. The third-order valence-electron chi connectivity index (χ3n) is 4.67. The predicted octanol–water partition coefficient (Wildman–Crippen LogP) is 3.40. The van der Waals surface area contributed by atoms with E-state index >= 15 is 0 Å². The molecule has 116 valence electrons. The molecule has 1 saturated heterocycles. The van der Waals surface area contributed by atoms with Crippen molar-refractivity contribution in [2.24, 2.45) is 11.8 Å². The molecule has 0 aliphatic carbocycles. The van der Waals surface area contributed by atoms with E-state index in [9.17, 15) is 9.90 Å². The van der Waals surface area contributed by atoms with Crippen molar-refractivity contribution in [3.05, 3.63) is 35.5 Å². The van der Waals surface area contributed by atoms with Crippen LogP contribution in [0, 0.1) is 25.7 Å². The molecule has 0 bridgehead atoms. The minimum Gasteiger partial charge on any atom is -0.481 e. The van der Waals surface area contributed by atoms with Gasteiger partial charge in [0.2, 0.25) is 0 Å². The summed E-state index contributed by atoms with van der Waals surface area (Å²) in [6.07, 6.45) is 0.757. The van der Waals surface area contributed by atoms with Gasteiger partial charge in [0.15, 0.2) is 0 Å². The maximum absolute atomic E-state index is 11.5. The largest absolute Gasteiger partial charge is 0.481 e. The molecule has 0 saturated carbocycles. The number of piperidine rings is 1. The van der Waals surface area contributed by atoms with Crippen LogP contribution in [0.3, 0.4) is 0 Å². The molecule has 2 atom stereocenters. The van der Waals surface area contributed by atoms with Gasteiger partial charge in [0.05, 0.1) is 17.1 Å². The normalized spacial score (nSPS) is 22.0. The van der Waals surface area contributed by atoms with E-state index in [0.717, 1.165) is 40.8 Å². The monoisotopic (exact) mass is 298 g/mol. The molecule has 4 heteroatoms. The average Bonchev–Trinajstić information content (AvgIpc) is 2.47. The van der Waals surface area contributed by atoms with Crippen molar-refractivity contribution in [2.45, 2.75) is 27.2 Å². The number of pyridine rings is 1. The van der Waals surface area contributed by atoms with Gasteiger partial charge in [-0.25, -0.2) is 0 Å². The summed E-state index contributed by atoms with van der Waals surface area (Å²) in [4.78, 5) is 18.4. The number of carbonyl (C=O) groups is 1. The van der Waals surface area contributed by atoms with Gasteiger partial charge in [-0.1, -0.05) is 25.1 Å². The number of para-hydroxylation sites is 1. The van der Waals surface area contributed by atoms with Gasteiger partial charge in [-0.2, -0.15) is 0 Å². The maximum Gasteiger partial charge on any atom is 0.308 e. The number of aryl methyl sites for hydroxylation is 1. The van der Waals surface area contributed by atoms with Gasteiger partial charge >= 0.3 is 5.97 Å². The highest BCUT2D eigenvalue weighted by molar-refractivity contribution is 5.94. The zero-order valence-corrected chi connectivity index (χ0v) is 13.3. The molecule has 1 aliphatic heterocycles. The highest BCUT2D eigenvalue weighted by Gasteiger charge is 2.31. The van der Waals surface area contributed by atoms with Gasteiger partial charge < -0.3 is 10.0 Å². The van der Waals surface area contributed by atoms with Crippen molar-refractivity contribution in [3.8, 4) is 0 Å². The SMILES string of the molecule is Cc1nc2ccccc2c(N2CC(C)CC(C(=O)O)C2)c1C. The van der Waals surface area contributed by atoms with E-state index in [4.69, 9.17) is 0 Å². The van der Waals surface area contributed by atoms with Crippen LogP contribution in [0.1, 0.15) is 24.6 Å². The Morgan fingerprint density at radius 3 is 2.73 bits per heavy atom. The number of hydrogen-bond donors (Lipinski definition) is 1. The van der Waals surface area contributed by atoms with E-state index in [0.29, 0.717) is 12.5 Å². The van der Waals surface area contributed by atoms with E-state index < -0.39 is 5.97 Å². The summed E-state index contributed by atoms with van der Waals surface area (Å²) in [6.45, 7) is 7.71. The molecule has 0 spiro atoms. The predicted molar refractivity (Wildman–Crippen MR) is 88.3 cm³/mol. The number of aliphatic carboxylic acids is 1. The molecule has 2 unspecified atom stereocenters. The van der Waals surface area contributed by atoms with Crippen molar-refractivity contribution in [1.29, 1.82) is 0 Å². The lowest BCUT2D eigenvalue weighted by molar-refractivity contribution is -0.142. The van der Waals surface area contributed by atoms with Crippen LogP contribution in [-0.2, 0) is 4.79 Å². The second kappa shape index (κ2) is 5.59. The number of carboxylic acid groups (broad SMARTS) is 1. The average molecular weight is 298 g/mol. The van der Waals surface area contributed by atoms with Gasteiger partial charge in [-0.3, -0.25) is 9.78 Å². The van der Waals surface area contributed by atoms with E-state index in [1.165, 1.54) is 0 Å². The van der Waals surface area contributed by atoms with Gasteiger partial charge in [-0.15, -0.1) is 0 Å². The molecule has 2 aromatic rings. The van der Waals surface area contributed by atoms with Crippen LogP contribution >= 0.6 is 0 Å². The van der Waals surface area contributed by atoms with Crippen molar-refractivity contribution in [2.75, 3.05) is 18.0 Å². The van der Waals surface area contributed by atoms with E-state index in [1.807, 2.05) is 25.1 Å². The Morgan fingerprint density at radius 2 is 2.00 bits per heavy atom. The third kappa shape index (κ3) is 2.54. The van der Waals surface area contributed by atoms with Gasteiger partial charge in [0.1, 0.15) is 0 Å². The van der Waals surface area contributed by atoms with Crippen LogP contribution in [0.15, 0.2) is 24.3 Å². The Labute approximate surface area is 130 Å². The van der Waals surface area contributed by atoms with Gasteiger partial charge in [0.25, 0.3) is 0 Å². The summed E-state index contributed by atoms with van der Waals surface area (Å²) in [5, 5.41) is 10.5. The summed E-state index contributed by atoms with van der Waals surface area (Å²) < 4.78 is 0. The van der Waals surface area contributed by atoms with Crippen LogP contribution in [0.25, 0.3) is 10.9 Å². The first-order chi connectivity index (χ1) is 10.5. The van der Waals surface area contributed by atoms with Crippen LogP contribution in [0.5, 0.6) is 0 Å². The zero-order chi connectivity index (χ0) is 15.9. The van der Waals surface area contributed by atoms with Gasteiger partial charge in [-0.05, 0) is 37.8 Å². The molecular formula is C18H22N2O2. The fraction of sp³-hybridized carbons (Fsp3) is 0.444. The first kappa shape index (κ1) is 14.8. The molecule has 1 aliphatic rings. The number of benzene rings is 1. The van der Waals surface area contributed by atoms with Crippen molar-refractivity contribution >= 4 is 22.6 Å². The van der Waals surface area contributed by atoms with Crippen LogP contribution < -0.4 is 4.90 Å². The fourth-order valence-corrected chi connectivity index (χ4v) is 3.53. The Morgan fingerprint density at radius 1 is 1.27 bits per heavy atom. The molecule has 2 heterocycles. The number of fused-ring (bicyclic) bond motifs is 1. The molecule has 1 N–H and O–H groups in total. The zero-order valence-electron chi connectivity index (χ0n) is 13.3. The second-order valence-corrected chi connectivity index (χ2v) is 6.47. The number of hydrogen-bond acceptors (Lipinski definition) is 3. The highest BCUT2D eigenvalue weighted by Crippen LogP contribution is 2.35. The first-order valence-electron chi connectivity index (χ1n) is 7.81. The molecule has 0 radical (unpaired) electrons. The Hall–Kier alpha value is -2.10. The summed E-state index contributed by atoms with van der Waals surface area (Å²) in [7, 11) is 0. The Kier molecular flexibility index (Phi) is 3.77. The standard InChI is InChI=1S/C18H22N2O2/c1-11-8-14(18(21)22)10-20(9-11)17-12(2)13(3)19-16-7-5-4-6-15(16)17/h4-7,11,14H,8-10H2,1-3H3,(H,21,22). The summed E-state index contributed by atoms with van der Waals surface area (Å²) >= 11 is 0. The first-order valence-corrected chi connectivity index (χ1v) is 7.81. The lowest BCUT2D eigenvalue weighted by Gasteiger charge is -2.37. The number of rotatable bonds is 2. The van der Waals surface area contributed by atoms with E-state index in [-0.39, 0.29) is 5.92 Å². The Balaban J connectivity index is 2.12. The van der Waals surface area contributed by atoms with Gasteiger partial charge in [0, 0.05) is 24.2 Å². The molecular weight excluding hydrogens is 276 g/mol. The minimum atomic E-state index is -0.690. The van der Waals surface area contributed by atoms with Crippen LogP contribution in [0.4, 0.5) is 5.69 Å². The summed E-state index contributed by atoms with van der Waals surface area (Å²) in [5.41, 5.74) is 4.29. The number of nitrogens with zero attached hydrogens (tertiary/aromatic N) is 2. The molecule has 3 rings (SSSR count). The number of carboxylic acids is 1. The summed E-state index contributed by atoms with van der Waals surface area (Å²) in [6, 6.07) is 8.11. The lowest BCUT2D eigenvalue weighted by Crippen LogP contribution is -2.43. The Bertz CT molecular complexity index is 726. The van der Waals surface area contributed by atoms with Crippen molar-refractivity contribution in [3.63, 3.8) is 0 Å². The second-order valence-electron chi connectivity index (χ2n) is 6.47. The number of aromatic nitrogens is 1.